The SMILES string of the molecule is C/C=C/C=C/C(OC(=O)Cc1ccccc1)c1ccccc1[N+](=O)[O-]. The molecule has 0 heterocycles. The van der Waals surface area contributed by atoms with Crippen molar-refractivity contribution in [2.24, 2.45) is 0 Å². The number of carbonyl (C=O) groups excluding carboxylic acids is 1. The molecule has 0 saturated carbocycles. The van der Waals surface area contributed by atoms with Gasteiger partial charge in [0.05, 0.1) is 16.9 Å². The van der Waals surface area contributed by atoms with E-state index in [0.717, 1.165) is 5.56 Å². The summed E-state index contributed by atoms with van der Waals surface area (Å²) in [6.07, 6.45) is 6.21. The minimum Gasteiger partial charge on any atom is -0.453 e. The van der Waals surface area contributed by atoms with E-state index in [1.54, 1.807) is 36.4 Å². The molecular formula is C20H19NO4. The number of nitro groups is 1. The third-order valence-electron chi connectivity index (χ3n) is 3.48. The molecule has 0 bridgehead atoms. The zero-order valence-corrected chi connectivity index (χ0v) is 13.9. The van der Waals surface area contributed by atoms with Gasteiger partial charge < -0.3 is 4.74 Å². The number of benzene rings is 2. The van der Waals surface area contributed by atoms with Crippen LogP contribution in [0.3, 0.4) is 0 Å². The molecule has 0 saturated heterocycles. The standard InChI is InChI=1S/C20H19NO4/c1-2-3-5-14-19(17-12-8-9-13-18(17)21(23)24)25-20(22)15-16-10-6-4-7-11-16/h2-14,19H,15H2,1H3/b3-2+,14-5+. The number of hydrogen-bond donors (Lipinski definition) is 0. The van der Waals surface area contributed by atoms with Gasteiger partial charge in [0.25, 0.3) is 5.69 Å². The molecule has 5 nitrogen and oxygen atoms in total. The Morgan fingerprint density at radius 3 is 2.48 bits per heavy atom. The van der Waals surface area contributed by atoms with Gasteiger partial charge in [-0.2, -0.15) is 0 Å². The van der Waals surface area contributed by atoms with Crippen LogP contribution in [0, 0.1) is 10.1 Å². The molecule has 1 unspecified atom stereocenters. The maximum atomic E-state index is 12.3. The van der Waals surface area contributed by atoms with Crippen molar-refractivity contribution >= 4 is 11.7 Å². The summed E-state index contributed by atoms with van der Waals surface area (Å²) in [5.41, 5.74) is 1.09. The monoisotopic (exact) mass is 337 g/mol. The lowest BCUT2D eigenvalue weighted by Gasteiger charge is -2.15. The zero-order chi connectivity index (χ0) is 18.1. The average Bonchev–Trinajstić information content (AvgIpc) is 2.62. The van der Waals surface area contributed by atoms with Gasteiger partial charge in [-0.05, 0) is 24.6 Å². The second-order valence-corrected chi connectivity index (χ2v) is 5.30. The van der Waals surface area contributed by atoms with E-state index in [4.69, 9.17) is 4.74 Å². The van der Waals surface area contributed by atoms with Crippen LogP contribution in [0.1, 0.15) is 24.2 Å². The Balaban J connectivity index is 2.24. The number of nitro benzene ring substituents is 1. The van der Waals surface area contributed by atoms with Crippen LogP contribution in [0.5, 0.6) is 0 Å². The predicted molar refractivity (Wildman–Crippen MR) is 96.0 cm³/mol. The highest BCUT2D eigenvalue weighted by Gasteiger charge is 2.23. The van der Waals surface area contributed by atoms with Gasteiger partial charge in [-0.3, -0.25) is 14.9 Å². The average molecular weight is 337 g/mol. The molecule has 2 aromatic rings. The first-order valence-corrected chi connectivity index (χ1v) is 7.88. The maximum Gasteiger partial charge on any atom is 0.311 e. The van der Waals surface area contributed by atoms with E-state index in [-0.39, 0.29) is 12.1 Å². The number of hydrogen-bond acceptors (Lipinski definition) is 4. The van der Waals surface area contributed by atoms with Gasteiger partial charge >= 0.3 is 5.97 Å². The summed E-state index contributed by atoms with van der Waals surface area (Å²) in [6, 6.07) is 15.5. The van der Waals surface area contributed by atoms with E-state index in [2.05, 4.69) is 0 Å². The fourth-order valence-corrected chi connectivity index (χ4v) is 2.32. The van der Waals surface area contributed by atoms with E-state index in [0.29, 0.717) is 5.56 Å². The van der Waals surface area contributed by atoms with E-state index in [9.17, 15) is 14.9 Å². The summed E-state index contributed by atoms with van der Waals surface area (Å²) < 4.78 is 5.51. The molecule has 0 aliphatic carbocycles. The van der Waals surface area contributed by atoms with Gasteiger partial charge in [0.15, 0.2) is 6.10 Å². The van der Waals surface area contributed by atoms with Crippen LogP contribution in [0.4, 0.5) is 5.69 Å². The lowest BCUT2D eigenvalue weighted by molar-refractivity contribution is -0.386. The number of para-hydroxylation sites is 1. The van der Waals surface area contributed by atoms with Crippen LogP contribution in [-0.2, 0) is 16.0 Å². The molecule has 0 amide bonds. The number of ether oxygens (including phenoxy) is 1. The van der Waals surface area contributed by atoms with Crippen molar-refractivity contribution in [1.82, 2.24) is 0 Å². The van der Waals surface area contributed by atoms with Crippen LogP contribution < -0.4 is 0 Å². The first kappa shape index (κ1) is 18.1. The van der Waals surface area contributed by atoms with Crippen molar-refractivity contribution < 1.29 is 14.5 Å². The highest BCUT2D eigenvalue weighted by atomic mass is 16.6. The predicted octanol–water partition coefficient (Wildman–Crippen LogP) is 4.55. The molecule has 5 heteroatoms. The topological polar surface area (TPSA) is 69.4 Å². The van der Waals surface area contributed by atoms with Crippen molar-refractivity contribution in [2.75, 3.05) is 0 Å². The lowest BCUT2D eigenvalue weighted by atomic mass is 10.1. The molecule has 0 aliphatic rings. The molecule has 1 atom stereocenters. The normalized spacial score (nSPS) is 12.4. The van der Waals surface area contributed by atoms with Gasteiger partial charge in [0.1, 0.15) is 0 Å². The Morgan fingerprint density at radius 1 is 1.12 bits per heavy atom. The van der Waals surface area contributed by atoms with Gasteiger partial charge in [-0.25, -0.2) is 0 Å². The molecule has 0 fully saturated rings. The van der Waals surface area contributed by atoms with E-state index in [1.165, 1.54) is 6.07 Å². The van der Waals surface area contributed by atoms with Crippen LogP contribution in [0.25, 0.3) is 0 Å². The second-order valence-electron chi connectivity index (χ2n) is 5.30. The Labute approximate surface area is 146 Å². The van der Waals surface area contributed by atoms with Crippen molar-refractivity contribution in [2.45, 2.75) is 19.4 Å². The van der Waals surface area contributed by atoms with Gasteiger partial charge in [0.2, 0.25) is 0 Å². The van der Waals surface area contributed by atoms with E-state index in [1.807, 2.05) is 43.3 Å². The first-order valence-electron chi connectivity index (χ1n) is 7.88. The number of allylic oxidation sites excluding steroid dienone is 3. The summed E-state index contributed by atoms with van der Waals surface area (Å²) in [5, 5.41) is 11.3. The molecule has 0 spiro atoms. The van der Waals surface area contributed by atoms with Crippen LogP contribution in [0.15, 0.2) is 78.9 Å². The highest BCUT2D eigenvalue weighted by molar-refractivity contribution is 5.73. The van der Waals surface area contributed by atoms with Gasteiger partial charge in [-0.15, -0.1) is 0 Å². The van der Waals surface area contributed by atoms with E-state index >= 15 is 0 Å². The summed E-state index contributed by atoms with van der Waals surface area (Å²) in [4.78, 5) is 23.1. The summed E-state index contributed by atoms with van der Waals surface area (Å²) >= 11 is 0. The van der Waals surface area contributed by atoms with Crippen LogP contribution in [0.2, 0.25) is 0 Å². The first-order chi connectivity index (χ1) is 12.1. The fraction of sp³-hybridized carbons (Fsp3) is 0.150. The number of rotatable bonds is 7. The maximum absolute atomic E-state index is 12.3. The quantitative estimate of drug-likeness (QED) is 0.321. The van der Waals surface area contributed by atoms with E-state index < -0.39 is 17.0 Å². The fourth-order valence-electron chi connectivity index (χ4n) is 2.32. The Kier molecular flexibility index (Phi) is 6.65. The third-order valence-corrected chi connectivity index (χ3v) is 3.48. The molecular weight excluding hydrogens is 318 g/mol. The molecule has 0 N–H and O–H groups in total. The van der Waals surface area contributed by atoms with Crippen molar-refractivity contribution in [1.29, 1.82) is 0 Å². The van der Waals surface area contributed by atoms with Gasteiger partial charge in [0, 0.05) is 6.07 Å². The Morgan fingerprint density at radius 2 is 1.80 bits per heavy atom. The number of nitrogens with zero attached hydrogens (tertiary/aromatic N) is 1. The summed E-state index contributed by atoms with van der Waals surface area (Å²) in [7, 11) is 0. The summed E-state index contributed by atoms with van der Waals surface area (Å²) in [5.74, 6) is -0.445. The summed E-state index contributed by atoms with van der Waals surface area (Å²) in [6.45, 7) is 1.85. The molecule has 2 aromatic carbocycles. The molecule has 2 rings (SSSR count). The van der Waals surface area contributed by atoms with Crippen molar-refractivity contribution in [3.8, 4) is 0 Å². The molecule has 25 heavy (non-hydrogen) atoms. The van der Waals surface area contributed by atoms with Gasteiger partial charge in [-0.1, -0.05) is 60.7 Å². The highest BCUT2D eigenvalue weighted by Crippen LogP contribution is 2.29. The Bertz CT molecular complexity index is 781. The minimum atomic E-state index is -0.825. The minimum absolute atomic E-state index is 0.0786. The number of carbonyl (C=O) groups is 1. The van der Waals surface area contributed by atoms with Crippen LogP contribution in [-0.4, -0.2) is 10.9 Å². The molecule has 0 aromatic heterocycles. The smallest absolute Gasteiger partial charge is 0.311 e. The largest absolute Gasteiger partial charge is 0.453 e. The number of esters is 1. The zero-order valence-electron chi connectivity index (χ0n) is 13.9. The Hall–Kier alpha value is -3.21. The molecule has 128 valence electrons. The van der Waals surface area contributed by atoms with Crippen molar-refractivity contribution in [3.63, 3.8) is 0 Å². The lowest BCUT2D eigenvalue weighted by Crippen LogP contribution is -2.13. The third kappa shape index (κ3) is 5.42. The van der Waals surface area contributed by atoms with Crippen molar-refractivity contribution in [3.05, 3.63) is 100 Å². The molecule has 0 radical (unpaired) electrons. The van der Waals surface area contributed by atoms with Crippen LogP contribution >= 0.6 is 0 Å². The second kappa shape index (κ2) is 9.17. The molecule has 0 aliphatic heterocycles.